The van der Waals surface area contributed by atoms with Gasteiger partial charge in [-0.15, -0.1) is 0 Å². The van der Waals surface area contributed by atoms with Gasteiger partial charge in [0.25, 0.3) is 0 Å². The molecular weight excluding hydrogens is 217 g/mol. The first-order chi connectivity index (χ1) is 5.97. The van der Waals surface area contributed by atoms with Gasteiger partial charge in [-0.05, 0) is 25.2 Å². The largest absolute Gasteiger partial charge is 0.241 e. The third kappa shape index (κ3) is 2.18. The van der Waals surface area contributed by atoms with Crippen molar-refractivity contribution in [3.8, 4) is 0 Å². The van der Waals surface area contributed by atoms with Crippen molar-refractivity contribution in [2.24, 2.45) is 0 Å². The molecule has 0 saturated carbocycles. The number of nitrogens with one attached hydrogen (secondary N) is 1. The van der Waals surface area contributed by atoms with E-state index < -0.39 is 15.8 Å². The van der Waals surface area contributed by atoms with Gasteiger partial charge >= 0.3 is 0 Å². The highest BCUT2D eigenvalue weighted by atomic mass is 35.5. The Morgan fingerprint density at radius 2 is 2.08 bits per heavy atom. The van der Waals surface area contributed by atoms with Crippen LogP contribution >= 0.6 is 11.6 Å². The fraction of sp³-hybridized carbons (Fsp3) is 0.143. The van der Waals surface area contributed by atoms with Gasteiger partial charge in [-0.3, -0.25) is 0 Å². The molecule has 0 aliphatic rings. The van der Waals surface area contributed by atoms with E-state index in [4.69, 9.17) is 11.6 Å². The van der Waals surface area contributed by atoms with Crippen LogP contribution in [0.2, 0.25) is 5.02 Å². The second-order valence-electron chi connectivity index (χ2n) is 2.28. The molecule has 72 valence electrons. The summed E-state index contributed by atoms with van der Waals surface area (Å²) < 4.78 is 37.1. The van der Waals surface area contributed by atoms with Crippen LogP contribution in [-0.4, -0.2) is 15.5 Å². The van der Waals surface area contributed by atoms with Crippen LogP contribution in [0, 0.1) is 5.82 Å². The number of hydrogen-bond acceptors (Lipinski definition) is 2. The highest BCUT2D eigenvalue weighted by Crippen LogP contribution is 2.21. The summed E-state index contributed by atoms with van der Waals surface area (Å²) in [5, 5.41) is -0.130. The maximum atomic E-state index is 12.5. The van der Waals surface area contributed by atoms with E-state index in [1.807, 2.05) is 0 Å². The molecule has 0 aromatic heterocycles. The lowest BCUT2D eigenvalue weighted by Crippen LogP contribution is -2.18. The summed E-state index contributed by atoms with van der Waals surface area (Å²) in [6.07, 6.45) is 0. The van der Waals surface area contributed by atoms with Crippen LogP contribution in [0.5, 0.6) is 0 Å². The zero-order valence-corrected chi connectivity index (χ0v) is 8.29. The minimum atomic E-state index is -3.59. The van der Waals surface area contributed by atoms with E-state index >= 15 is 0 Å². The third-order valence-electron chi connectivity index (χ3n) is 1.45. The molecule has 0 aliphatic carbocycles. The maximum absolute atomic E-state index is 12.5. The van der Waals surface area contributed by atoms with Gasteiger partial charge in [0.2, 0.25) is 10.0 Å². The lowest BCUT2D eigenvalue weighted by atomic mass is 10.3. The Labute approximate surface area is 80.6 Å². The molecular formula is C7H7ClFNO2S. The zero-order valence-electron chi connectivity index (χ0n) is 6.71. The zero-order chi connectivity index (χ0) is 10.1. The molecule has 0 radical (unpaired) electrons. The maximum Gasteiger partial charge on any atom is 0.241 e. The van der Waals surface area contributed by atoms with Gasteiger partial charge in [-0.2, -0.15) is 0 Å². The Morgan fingerprint density at radius 1 is 1.46 bits per heavy atom. The molecule has 13 heavy (non-hydrogen) atoms. The lowest BCUT2D eigenvalue weighted by Gasteiger charge is -2.03. The van der Waals surface area contributed by atoms with Crippen LogP contribution in [-0.2, 0) is 10.0 Å². The van der Waals surface area contributed by atoms with Crippen molar-refractivity contribution in [3.05, 3.63) is 29.0 Å². The van der Waals surface area contributed by atoms with Crippen molar-refractivity contribution in [1.82, 2.24) is 4.72 Å². The molecule has 0 fully saturated rings. The van der Waals surface area contributed by atoms with Crippen LogP contribution in [0.3, 0.4) is 0 Å². The van der Waals surface area contributed by atoms with Gasteiger partial charge in [0, 0.05) is 0 Å². The molecule has 1 aromatic carbocycles. The Balaban J connectivity index is 3.33. The first-order valence-corrected chi connectivity index (χ1v) is 5.22. The van der Waals surface area contributed by atoms with Crippen molar-refractivity contribution >= 4 is 21.6 Å². The van der Waals surface area contributed by atoms with Crippen LogP contribution in [0.15, 0.2) is 23.1 Å². The highest BCUT2D eigenvalue weighted by molar-refractivity contribution is 7.89. The molecule has 0 unspecified atom stereocenters. The molecule has 0 atom stereocenters. The van der Waals surface area contributed by atoms with E-state index in [0.29, 0.717) is 0 Å². The van der Waals surface area contributed by atoms with E-state index in [-0.39, 0.29) is 9.92 Å². The van der Waals surface area contributed by atoms with Crippen LogP contribution in [0.25, 0.3) is 0 Å². The van der Waals surface area contributed by atoms with Crippen molar-refractivity contribution in [2.75, 3.05) is 7.05 Å². The fourth-order valence-corrected chi connectivity index (χ4v) is 2.06. The minimum Gasteiger partial charge on any atom is -0.214 e. The van der Waals surface area contributed by atoms with Gasteiger partial charge in [-0.25, -0.2) is 17.5 Å². The first kappa shape index (κ1) is 10.4. The Hall–Kier alpha value is -0.650. The van der Waals surface area contributed by atoms with Gasteiger partial charge in [-0.1, -0.05) is 11.6 Å². The molecule has 0 saturated heterocycles. The van der Waals surface area contributed by atoms with Gasteiger partial charge in [0.05, 0.1) is 5.02 Å². The fourth-order valence-electron chi connectivity index (χ4n) is 0.803. The quantitative estimate of drug-likeness (QED) is 0.824. The van der Waals surface area contributed by atoms with Crippen molar-refractivity contribution < 1.29 is 12.8 Å². The van der Waals surface area contributed by atoms with Crippen LogP contribution in [0.4, 0.5) is 4.39 Å². The van der Waals surface area contributed by atoms with E-state index in [1.165, 1.54) is 7.05 Å². The number of rotatable bonds is 2. The summed E-state index contributed by atoms with van der Waals surface area (Å²) in [5.41, 5.74) is 0. The molecule has 3 nitrogen and oxygen atoms in total. The topological polar surface area (TPSA) is 46.2 Å². The van der Waals surface area contributed by atoms with Crippen LogP contribution in [0.1, 0.15) is 0 Å². The second kappa shape index (κ2) is 3.61. The summed E-state index contributed by atoms with van der Waals surface area (Å²) in [6, 6.07) is 3.10. The SMILES string of the molecule is CNS(=O)(=O)c1ccc(F)cc1Cl. The van der Waals surface area contributed by atoms with Gasteiger partial charge in [0.1, 0.15) is 10.7 Å². The summed E-state index contributed by atoms with van der Waals surface area (Å²) in [7, 11) is -2.34. The number of hydrogen-bond donors (Lipinski definition) is 1. The smallest absolute Gasteiger partial charge is 0.214 e. The Kier molecular flexibility index (Phi) is 2.90. The average molecular weight is 224 g/mol. The van der Waals surface area contributed by atoms with E-state index in [2.05, 4.69) is 4.72 Å². The molecule has 1 rings (SSSR count). The van der Waals surface area contributed by atoms with Crippen molar-refractivity contribution in [1.29, 1.82) is 0 Å². The van der Waals surface area contributed by atoms with Crippen molar-refractivity contribution in [3.63, 3.8) is 0 Å². The summed E-state index contributed by atoms with van der Waals surface area (Å²) in [5.74, 6) is -0.569. The molecule has 6 heteroatoms. The molecule has 0 spiro atoms. The lowest BCUT2D eigenvalue weighted by molar-refractivity contribution is 0.587. The first-order valence-electron chi connectivity index (χ1n) is 3.36. The molecule has 0 heterocycles. The van der Waals surface area contributed by atoms with Gasteiger partial charge in [0.15, 0.2) is 0 Å². The van der Waals surface area contributed by atoms with Gasteiger partial charge < -0.3 is 0 Å². The summed E-state index contributed by atoms with van der Waals surface area (Å²) in [4.78, 5) is -0.127. The Morgan fingerprint density at radius 3 is 2.54 bits per heavy atom. The van der Waals surface area contributed by atoms with Crippen molar-refractivity contribution in [2.45, 2.75) is 4.90 Å². The molecule has 0 bridgehead atoms. The second-order valence-corrected chi connectivity index (χ2v) is 4.54. The van der Waals surface area contributed by atoms with E-state index in [1.54, 1.807) is 0 Å². The summed E-state index contributed by atoms with van der Waals surface area (Å²) >= 11 is 5.53. The normalized spacial score (nSPS) is 11.6. The Bertz CT molecular complexity index is 419. The van der Waals surface area contributed by atoms with E-state index in [0.717, 1.165) is 18.2 Å². The van der Waals surface area contributed by atoms with Crippen LogP contribution < -0.4 is 4.72 Å². The molecule has 1 aromatic rings. The summed E-state index contributed by atoms with van der Waals surface area (Å²) in [6.45, 7) is 0. The third-order valence-corrected chi connectivity index (χ3v) is 3.35. The highest BCUT2D eigenvalue weighted by Gasteiger charge is 2.15. The van der Waals surface area contributed by atoms with E-state index in [9.17, 15) is 12.8 Å². The number of benzene rings is 1. The molecule has 1 N–H and O–H groups in total. The molecule has 0 amide bonds. The standard InChI is InChI=1S/C7H7ClFNO2S/c1-10-13(11,12)7-3-2-5(9)4-6(7)8/h2-4,10H,1H3. The minimum absolute atomic E-state index is 0.127. The predicted octanol–water partition coefficient (Wildman–Crippen LogP) is 1.39. The predicted molar refractivity (Wildman–Crippen MR) is 47.7 cm³/mol. The monoisotopic (exact) mass is 223 g/mol. The molecule has 0 aliphatic heterocycles. The number of halogens is 2. The average Bonchev–Trinajstić information content (AvgIpc) is 2.03. The number of sulfonamides is 1.